The maximum absolute atomic E-state index is 9.08. The van der Waals surface area contributed by atoms with Crippen LogP contribution in [0.3, 0.4) is 0 Å². The normalized spacial score (nSPS) is 42.6. The minimum absolute atomic E-state index is 0.188. The van der Waals surface area contributed by atoms with E-state index in [1.807, 2.05) is 0 Å². The summed E-state index contributed by atoms with van der Waals surface area (Å²) in [5.41, 5.74) is 6.22. The van der Waals surface area contributed by atoms with Crippen molar-refractivity contribution >= 4 is 0 Å². The molecule has 0 amide bonds. The van der Waals surface area contributed by atoms with Crippen molar-refractivity contribution in [3.8, 4) is 0 Å². The minimum atomic E-state index is -0.201. The average molecular weight is 141 g/mol. The highest BCUT2D eigenvalue weighted by atomic mass is 16.3. The lowest BCUT2D eigenvalue weighted by molar-refractivity contribution is 0.149. The highest BCUT2D eigenvalue weighted by Gasteiger charge is 2.59. The van der Waals surface area contributed by atoms with E-state index >= 15 is 0 Å². The van der Waals surface area contributed by atoms with Crippen LogP contribution in [0.15, 0.2) is 0 Å². The third-order valence-electron chi connectivity index (χ3n) is 3.47. The van der Waals surface area contributed by atoms with Crippen molar-refractivity contribution in [3.63, 3.8) is 0 Å². The topological polar surface area (TPSA) is 46.2 Å². The largest absolute Gasteiger partial charge is 0.394 e. The van der Waals surface area contributed by atoms with E-state index in [1.54, 1.807) is 0 Å². The molecule has 0 aromatic carbocycles. The van der Waals surface area contributed by atoms with Crippen molar-refractivity contribution in [2.75, 3.05) is 6.61 Å². The molecule has 1 spiro atoms. The van der Waals surface area contributed by atoms with E-state index in [4.69, 9.17) is 10.8 Å². The molecule has 2 saturated carbocycles. The van der Waals surface area contributed by atoms with Crippen LogP contribution >= 0.6 is 0 Å². The highest BCUT2D eigenvalue weighted by Crippen LogP contribution is 2.61. The Balaban J connectivity index is 2.20. The molecule has 2 fully saturated rings. The van der Waals surface area contributed by atoms with Crippen molar-refractivity contribution in [2.24, 2.45) is 11.1 Å². The molecule has 2 heteroatoms. The summed E-state index contributed by atoms with van der Waals surface area (Å²) in [5.74, 6) is 0. The highest BCUT2D eigenvalue weighted by molar-refractivity contribution is 5.14. The molecule has 1 atom stereocenters. The first-order chi connectivity index (χ1) is 4.72. The van der Waals surface area contributed by atoms with Gasteiger partial charge in [-0.1, -0.05) is 6.42 Å². The zero-order valence-electron chi connectivity index (χ0n) is 6.27. The smallest absolute Gasteiger partial charge is 0.0616 e. The monoisotopic (exact) mass is 141 g/mol. The second-order valence-electron chi connectivity index (χ2n) is 3.95. The Kier molecular flexibility index (Phi) is 1.15. The van der Waals surface area contributed by atoms with Gasteiger partial charge in [-0.05, 0) is 31.1 Å². The van der Waals surface area contributed by atoms with Crippen molar-refractivity contribution in [3.05, 3.63) is 0 Å². The summed E-state index contributed by atoms with van der Waals surface area (Å²) in [5, 5.41) is 9.08. The van der Waals surface area contributed by atoms with E-state index in [0.29, 0.717) is 5.41 Å². The van der Waals surface area contributed by atoms with Crippen LogP contribution in [0.4, 0.5) is 0 Å². The van der Waals surface area contributed by atoms with Crippen LogP contribution in [0.5, 0.6) is 0 Å². The Hall–Kier alpha value is -0.0800. The molecule has 58 valence electrons. The second-order valence-corrected chi connectivity index (χ2v) is 3.95. The van der Waals surface area contributed by atoms with Gasteiger partial charge in [0.25, 0.3) is 0 Å². The van der Waals surface area contributed by atoms with E-state index in [2.05, 4.69) is 0 Å². The first-order valence-electron chi connectivity index (χ1n) is 4.12. The summed E-state index contributed by atoms with van der Waals surface area (Å²) < 4.78 is 0. The maximum atomic E-state index is 9.08. The van der Waals surface area contributed by atoms with Gasteiger partial charge in [-0.2, -0.15) is 0 Å². The fraction of sp³-hybridized carbons (Fsp3) is 1.00. The summed E-state index contributed by atoms with van der Waals surface area (Å²) in [6.45, 7) is 0.188. The fourth-order valence-electron chi connectivity index (χ4n) is 2.40. The van der Waals surface area contributed by atoms with Gasteiger partial charge in [0.05, 0.1) is 6.61 Å². The van der Waals surface area contributed by atoms with Gasteiger partial charge in [0.1, 0.15) is 0 Å². The standard InChI is InChI=1S/C8H15NO/c9-8(6-10)3-1-2-7(8)4-5-7/h10H,1-6,9H2. The minimum Gasteiger partial charge on any atom is -0.394 e. The van der Waals surface area contributed by atoms with E-state index in [0.717, 1.165) is 6.42 Å². The number of aliphatic hydroxyl groups is 1. The fourth-order valence-corrected chi connectivity index (χ4v) is 2.40. The third-order valence-corrected chi connectivity index (χ3v) is 3.47. The maximum Gasteiger partial charge on any atom is 0.0616 e. The van der Waals surface area contributed by atoms with Crippen molar-refractivity contribution < 1.29 is 5.11 Å². The van der Waals surface area contributed by atoms with E-state index < -0.39 is 0 Å². The molecule has 2 rings (SSSR count). The molecular formula is C8H15NO. The summed E-state index contributed by atoms with van der Waals surface area (Å²) >= 11 is 0. The predicted molar refractivity (Wildman–Crippen MR) is 39.5 cm³/mol. The summed E-state index contributed by atoms with van der Waals surface area (Å²) in [6.07, 6.45) is 6.01. The SMILES string of the molecule is NC1(CO)CCCC12CC2. The van der Waals surface area contributed by atoms with Crippen LogP contribution in [0.1, 0.15) is 32.1 Å². The number of aliphatic hydroxyl groups excluding tert-OH is 1. The molecular weight excluding hydrogens is 126 g/mol. The molecule has 1 unspecified atom stereocenters. The van der Waals surface area contributed by atoms with Gasteiger partial charge < -0.3 is 10.8 Å². The molecule has 0 bridgehead atoms. The molecule has 2 aliphatic rings. The average Bonchev–Trinajstić information content (AvgIpc) is 2.61. The lowest BCUT2D eigenvalue weighted by atomic mass is 9.86. The number of hydrogen-bond donors (Lipinski definition) is 2. The van der Waals surface area contributed by atoms with E-state index in [9.17, 15) is 0 Å². The van der Waals surface area contributed by atoms with Gasteiger partial charge in [-0.3, -0.25) is 0 Å². The zero-order chi connectivity index (χ0) is 7.24. The van der Waals surface area contributed by atoms with Gasteiger partial charge >= 0.3 is 0 Å². The van der Waals surface area contributed by atoms with Gasteiger partial charge in [0, 0.05) is 5.54 Å². The van der Waals surface area contributed by atoms with E-state index in [1.165, 1.54) is 25.7 Å². The zero-order valence-corrected chi connectivity index (χ0v) is 6.27. The molecule has 10 heavy (non-hydrogen) atoms. The molecule has 2 aliphatic carbocycles. The first-order valence-corrected chi connectivity index (χ1v) is 4.12. The Bertz CT molecular complexity index is 153. The molecule has 0 saturated heterocycles. The molecule has 0 heterocycles. The van der Waals surface area contributed by atoms with Crippen LogP contribution in [0.2, 0.25) is 0 Å². The van der Waals surface area contributed by atoms with Crippen LogP contribution in [-0.4, -0.2) is 17.3 Å². The lowest BCUT2D eigenvalue weighted by Gasteiger charge is -2.29. The van der Waals surface area contributed by atoms with Crippen LogP contribution in [-0.2, 0) is 0 Å². The Labute approximate surface area is 61.4 Å². The number of hydrogen-bond acceptors (Lipinski definition) is 2. The second kappa shape index (κ2) is 1.74. The van der Waals surface area contributed by atoms with Gasteiger partial charge in [0.2, 0.25) is 0 Å². The summed E-state index contributed by atoms with van der Waals surface area (Å²) in [4.78, 5) is 0. The van der Waals surface area contributed by atoms with Crippen LogP contribution < -0.4 is 5.73 Å². The Morgan fingerprint density at radius 1 is 1.20 bits per heavy atom. The number of rotatable bonds is 1. The van der Waals surface area contributed by atoms with Crippen molar-refractivity contribution in [1.29, 1.82) is 0 Å². The first kappa shape index (κ1) is 6.62. The van der Waals surface area contributed by atoms with Gasteiger partial charge in [0.15, 0.2) is 0 Å². The van der Waals surface area contributed by atoms with Gasteiger partial charge in [-0.25, -0.2) is 0 Å². The van der Waals surface area contributed by atoms with Crippen molar-refractivity contribution in [2.45, 2.75) is 37.6 Å². The summed E-state index contributed by atoms with van der Waals surface area (Å²) in [6, 6.07) is 0. The molecule has 0 radical (unpaired) electrons. The number of nitrogens with two attached hydrogens (primary N) is 1. The van der Waals surface area contributed by atoms with E-state index in [-0.39, 0.29) is 12.1 Å². The molecule has 2 nitrogen and oxygen atoms in total. The molecule has 3 N–H and O–H groups in total. The summed E-state index contributed by atoms with van der Waals surface area (Å²) in [7, 11) is 0. The molecule has 0 aromatic heterocycles. The molecule has 0 aromatic rings. The lowest BCUT2D eigenvalue weighted by Crippen LogP contribution is -2.48. The third kappa shape index (κ3) is 0.611. The van der Waals surface area contributed by atoms with Gasteiger partial charge in [-0.15, -0.1) is 0 Å². The van der Waals surface area contributed by atoms with Crippen molar-refractivity contribution in [1.82, 2.24) is 0 Å². The van der Waals surface area contributed by atoms with Crippen LogP contribution in [0, 0.1) is 5.41 Å². The van der Waals surface area contributed by atoms with Crippen LogP contribution in [0.25, 0.3) is 0 Å². The quantitative estimate of drug-likeness (QED) is 0.563. The Morgan fingerprint density at radius 3 is 2.30 bits per heavy atom. The Morgan fingerprint density at radius 2 is 1.90 bits per heavy atom. The predicted octanol–water partition coefficient (Wildman–Crippen LogP) is 0.640. The molecule has 0 aliphatic heterocycles.